The lowest BCUT2D eigenvalue weighted by atomic mass is 10.5. The van der Waals surface area contributed by atoms with Crippen LogP contribution in [0.5, 0.6) is 0 Å². The molecule has 0 saturated heterocycles. The van der Waals surface area contributed by atoms with Crippen molar-refractivity contribution in [2.45, 2.75) is 19.0 Å². The molecule has 1 aromatic heterocycles. The lowest BCUT2D eigenvalue weighted by Crippen LogP contribution is -2.25. The Balaban J connectivity index is 2.34. The highest BCUT2D eigenvalue weighted by atomic mass is 32.2. The lowest BCUT2D eigenvalue weighted by molar-refractivity contribution is 0.324. The second-order valence-corrected chi connectivity index (χ2v) is 4.34. The Morgan fingerprint density at radius 2 is 2.00 bits per heavy atom. The van der Waals surface area contributed by atoms with Gasteiger partial charge in [0, 0.05) is 19.3 Å². The molecule has 0 aromatic carbocycles. The molecule has 2 N–H and O–H groups in total. The molecule has 86 valence electrons. The summed E-state index contributed by atoms with van der Waals surface area (Å²) < 4.78 is 1.81. The molecular weight excluding hydrogens is 210 g/mol. The topological polar surface area (TPSA) is 60.0 Å². The van der Waals surface area contributed by atoms with E-state index in [0.717, 1.165) is 30.5 Å². The fraction of sp³-hybridized carbons (Fsp3) is 0.778. The van der Waals surface area contributed by atoms with Crippen LogP contribution in [0.3, 0.4) is 0 Å². The van der Waals surface area contributed by atoms with E-state index in [2.05, 4.69) is 28.9 Å². The molecule has 1 aromatic rings. The van der Waals surface area contributed by atoms with Crippen LogP contribution in [0, 0.1) is 0 Å². The van der Waals surface area contributed by atoms with Crippen LogP contribution in [-0.2, 0) is 7.05 Å². The first-order valence-corrected chi connectivity index (χ1v) is 6.17. The van der Waals surface area contributed by atoms with E-state index in [1.807, 2.05) is 11.6 Å². The lowest BCUT2D eigenvalue weighted by Gasteiger charge is -2.16. The molecule has 0 unspecified atom stereocenters. The summed E-state index contributed by atoms with van der Waals surface area (Å²) in [6.07, 6.45) is 0. The molecular formula is C9H19N5S. The smallest absolute Gasteiger partial charge is 0.222 e. The Morgan fingerprint density at radius 3 is 2.47 bits per heavy atom. The van der Waals surface area contributed by atoms with Crippen molar-refractivity contribution < 1.29 is 0 Å². The number of aromatic nitrogens is 3. The predicted molar refractivity (Wildman–Crippen MR) is 63.9 cm³/mol. The van der Waals surface area contributed by atoms with Crippen molar-refractivity contribution in [1.82, 2.24) is 19.7 Å². The summed E-state index contributed by atoms with van der Waals surface area (Å²) in [5.41, 5.74) is 5.59. The van der Waals surface area contributed by atoms with Crippen LogP contribution in [0.1, 0.15) is 13.8 Å². The second kappa shape index (κ2) is 5.97. The molecule has 0 radical (unpaired) electrons. The van der Waals surface area contributed by atoms with Crippen LogP contribution in [0.25, 0.3) is 0 Å². The van der Waals surface area contributed by atoms with Crippen LogP contribution in [-0.4, -0.2) is 45.1 Å². The fourth-order valence-corrected chi connectivity index (χ4v) is 2.18. The van der Waals surface area contributed by atoms with Gasteiger partial charge in [-0.3, -0.25) is 4.57 Å². The summed E-state index contributed by atoms with van der Waals surface area (Å²) in [5, 5.41) is 8.70. The molecule has 0 aliphatic carbocycles. The van der Waals surface area contributed by atoms with Crippen LogP contribution in [0.2, 0.25) is 0 Å². The van der Waals surface area contributed by atoms with Crippen molar-refractivity contribution in [3.8, 4) is 0 Å². The van der Waals surface area contributed by atoms with Gasteiger partial charge in [0.15, 0.2) is 5.16 Å². The molecule has 0 aliphatic rings. The number of anilines is 1. The second-order valence-electron chi connectivity index (χ2n) is 3.28. The molecule has 5 nitrogen and oxygen atoms in total. The van der Waals surface area contributed by atoms with Gasteiger partial charge in [0.05, 0.1) is 0 Å². The van der Waals surface area contributed by atoms with Crippen molar-refractivity contribution in [3.05, 3.63) is 0 Å². The minimum absolute atomic E-state index is 0.473. The number of nitrogen functional groups attached to an aromatic ring is 1. The first-order chi connectivity index (χ1) is 7.19. The fourth-order valence-electron chi connectivity index (χ4n) is 1.26. The average Bonchev–Trinajstić information content (AvgIpc) is 2.56. The SMILES string of the molecule is CCN(CC)CCSc1nnc(N)n1C. The van der Waals surface area contributed by atoms with E-state index in [0.29, 0.717) is 5.95 Å². The highest BCUT2D eigenvalue weighted by Gasteiger charge is 2.06. The van der Waals surface area contributed by atoms with Gasteiger partial charge in [0.2, 0.25) is 5.95 Å². The molecule has 0 saturated carbocycles. The zero-order valence-electron chi connectivity index (χ0n) is 9.60. The largest absolute Gasteiger partial charge is 0.368 e. The summed E-state index contributed by atoms with van der Waals surface area (Å²) in [5.74, 6) is 1.49. The third-order valence-electron chi connectivity index (χ3n) is 2.40. The van der Waals surface area contributed by atoms with Crippen molar-refractivity contribution in [1.29, 1.82) is 0 Å². The van der Waals surface area contributed by atoms with Crippen molar-refractivity contribution in [2.24, 2.45) is 7.05 Å². The van der Waals surface area contributed by atoms with Gasteiger partial charge >= 0.3 is 0 Å². The first-order valence-electron chi connectivity index (χ1n) is 5.19. The van der Waals surface area contributed by atoms with E-state index in [1.54, 1.807) is 11.8 Å². The summed E-state index contributed by atoms with van der Waals surface area (Å²) in [4.78, 5) is 2.38. The normalized spacial score (nSPS) is 11.2. The van der Waals surface area contributed by atoms with Crippen LogP contribution in [0.15, 0.2) is 5.16 Å². The predicted octanol–water partition coefficient (Wildman–Crippen LogP) is 0.831. The Morgan fingerprint density at radius 1 is 1.33 bits per heavy atom. The van der Waals surface area contributed by atoms with Crippen molar-refractivity contribution in [3.63, 3.8) is 0 Å². The van der Waals surface area contributed by atoms with E-state index in [-0.39, 0.29) is 0 Å². The number of nitrogens with zero attached hydrogens (tertiary/aromatic N) is 4. The maximum absolute atomic E-state index is 5.59. The summed E-state index contributed by atoms with van der Waals surface area (Å²) in [7, 11) is 1.88. The molecule has 0 amide bonds. The number of hydrogen-bond acceptors (Lipinski definition) is 5. The Labute approximate surface area is 95.0 Å². The number of thioether (sulfide) groups is 1. The standard InChI is InChI=1S/C9H19N5S/c1-4-14(5-2)6-7-15-9-12-11-8(10)13(9)3/h4-7H2,1-3H3,(H2,10,11). The molecule has 15 heavy (non-hydrogen) atoms. The molecule has 0 fully saturated rings. The monoisotopic (exact) mass is 229 g/mol. The van der Waals surface area contributed by atoms with Gasteiger partial charge in [-0.2, -0.15) is 0 Å². The van der Waals surface area contributed by atoms with Crippen molar-refractivity contribution in [2.75, 3.05) is 31.1 Å². The number of hydrogen-bond donors (Lipinski definition) is 1. The van der Waals surface area contributed by atoms with Gasteiger partial charge in [-0.25, -0.2) is 0 Å². The zero-order chi connectivity index (χ0) is 11.3. The Hall–Kier alpha value is -0.750. The quantitative estimate of drug-likeness (QED) is 0.732. The van der Waals surface area contributed by atoms with Gasteiger partial charge in [0.1, 0.15) is 0 Å². The summed E-state index contributed by atoms with van der Waals surface area (Å²) >= 11 is 1.69. The van der Waals surface area contributed by atoms with Gasteiger partial charge < -0.3 is 10.6 Å². The van der Waals surface area contributed by atoms with E-state index in [1.165, 1.54) is 0 Å². The third kappa shape index (κ3) is 3.39. The maximum atomic E-state index is 5.59. The molecule has 1 heterocycles. The van der Waals surface area contributed by atoms with Crippen LogP contribution >= 0.6 is 11.8 Å². The molecule has 1 rings (SSSR count). The van der Waals surface area contributed by atoms with Gasteiger partial charge in [-0.15, -0.1) is 10.2 Å². The maximum Gasteiger partial charge on any atom is 0.222 e. The zero-order valence-corrected chi connectivity index (χ0v) is 10.4. The molecule has 0 bridgehead atoms. The van der Waals surface area contributed by atoms with E-state index in [9.17, 15) is 0 Å². The average molecular weight is 229 g/mol. The first kappa shape index (κ1) is 12.3. The minimum atomic E-state index is 0.473. The van der Waals surface area contributed by atoms with Gasteiger partial charge in [-0.1, -0.05) is 25.6 Å². The third-order valence-corrected chi connectivity index (χ3v) is 3.40. The van der Waals surface area contributed by atoms with Crippen LogP contribution in [0.4, 0.5) is 5.95 Å². The highest BCUT2D eigenvalue weighted by Crippen LogP contribution is 2.15. The minimum Gasteiger partial charge on any atom is -0.368 e. The van der Waals surface area contributed by atoms with Gasteiger partial charge in [-0.05, 0) is 13.1 Å². The molecule has 0 aliphatic heterocycles. The van der Waals surface area contributed by atoms with E-state index >= 15 is 0 Å². The van der Waals surface area contributed by atoms with Gasteiger partial charge in [0.25, 0.3) is 0 Å². The van der Waals surface area contributed by atoms with E-state index < -0.39 is 0 Å². The summed E-state index contributed by atoms with van der Waals surface area (Å²) in [6.45, 7) is 7.61. The summed E-state index contributed by atoms with van der Waals surface area (Å²) in [6, 6.07) is 0. The molecule has 0 spiro atoms. The number of nitrogens with two attached hydrogens (primary N) is 1. The highest BCUT2D eigenvalue weighted by molar-refractivity contribution is 7.99. The molecule has 6 heteroatoms. The molecule has 0 atom stereocenters. The Bertz CT molecular complexity index is 295. The van der Waals surface area contributed by atoms with E-state index in [4.69, 9.17) is 5.73 Å². The van der Waals surface area contributed by atoms with Crippen LogP contribution < -0.4 is 5.73 Å². The number of rotatable bonds is 6. The Kier molecular flexibility index (Phi) is 4.90. The van der Waals surface area contributed by atoms with Crippen molar-refractivity contribution >= 4 is 17.7 Å².